The van der Waals surface area contributed by atoms with E-state index in [0.29, 0.717) is 0 Å². The molecule has 1 amide bonds. The standard InChI is InChI=1S/C25H34N2O8/c1-24(2,3)33-19(29)14-26-20-17(12-18(28)32-15-16-10-8-7-9-11-16)13-27(21(20)22(26)30)35-23(31)34-25(4,5)6/h7-11,17,20-21H,12-15H2,1-6H3/t17-,20-,21+/m1/s1. The first kappa shape index (κ1) is 26.5. The zero-order valence-corrected chi connectivity index (χ0v) is 21.1. The Labute approximate surface area is 205 Å². The number of β-lactam (4-membered cyclic amide) rings is 1. The Morgan fingerprint density at radius 2 is 1.57 bits per heavy atom. The third kappa shape index (κ3) is 7.17. The van der Waals surface area contributed by atoms with E-state index in [2.05, 4.69) is 0 Å². The molecule has 0 unspecified atom stereocenters. The fraction of sp³-hybridized carbons (Fsp3) is 0.600. The number of hydrogen-bond acceptors (Lipinski definition) is 9. The second-order valence-corrected chi connectivity index (χ2v) is 10.8. The highest BCUT2D eigenvalue weighted by Gasteiger charge is 2.61. The van der Waals surface area contributed by atoms with Crippen molar-refractivity contribution in [2.75, 3.05) is 13.1 Å². The van der Waals surface area contributed by atoms with Gasteiger partial charge in [0.25, 0.3) is 0 Å². The Morgan fingerprint density at radius 3 is 2.17 bits per heavy atom. The van der Waals surface area contributed by atoms with Crippen LogP contribution in [0.1, 0.15) is 53.5 Å². The van der Waals surface area contributed by atoms with Crippen LogP contribution in [-0.4, -0.2) is 70.3 Å². The van der Waals surface area contributed by atoms with Crippen molar-refractivity contribution in [2.45, 2.75) is 77.9 Å². The number of ether oxygens (including phenoxy) is 3. The van der Waals surface area contributed by atoms with E-state index in [1.54, 1.807) is 41.5 Å². The molecule has 0 saturated carbocycles. The van der Waals surface area contributed by atoms with Crippen LogP contribution in [0.25, 0.3) is 0 Å². The minimum atomic E-state index is -0.943. The van der Waals surface area contributed by atoms with E-state index in [1.807, 2.05) is 30.3 Å². The van der Waals surface area contributed by atoms with Gasteiger partial charge in [0, 0.05) is 12.5 Å². The number of nitrogens with zero attached hydrogens (tertiary/aromatic N) is 2. The molecule has 35 heavy (non-hydrogen) atoms. The first-order valence-electron chi connectivity index (χ1n) is 11.6. The predicted octanol–water partition coefficient (Wildman–Crippen LogP) is 2.84. The van der Waals surface area contributed by atoms with Crippen LogP contribution >= 0.6 is 0 Å². The van der Waals surface area contributed by atoms with Gasteiger partial charge in [-0.1, -0.05) is 30.3 Å². The lowest BCUT2D eigenvalue weighted by Crippen LogP contribution is -2.68. The summed E-state index contributed by atoms with van der Waals surface area (Å²) in [5, 5.41) is 1.24. The van der Waals surface area contributed by atoms with E-state index in [0.717, 1.165) is 5.56 Å². The Hall–Kier alpha value is -3.14. The Bertz CT molecular complexity index is 950. The van der Waals surface area contributed by atoms with E-state index in [-0.39, 0.29) is 32.0 Å². The number of esters is 2. The molecule has 1 aromatic rings. The zero-order chi connectivity index (χ0) is 26.0. The third-order valence-corrected chi connectivity index (χ3v) is 5.40. The second kappa shape index (κ2) is 10.2. The third-order valence-electron chi connectivity index (χ3n) is 5.40. The van der Waals surface area contributed by atoms with Crippen LogP contribution in [-0.2, 0) is 40.0 Å². The van der Waals surface area contributed by atoms with E-state index in [9.17, 15) is 19.2 Å². The van der Waals surface area contributed by atoms with Gasteiger partial charge in [0.1, 0.15) is 30.4 Å². The highest BCUT2D eigenvalue weighted by atomic mass is 16.8. The van der Waals surface area contributed by atoms with Gasteiger partial charge in [-0.3, -0.25) is 14.4 Å². The minimum Gasteiger partial charge on any atom is -0.461 e. The topological polar surface area (TPSA) is 112 Å². The number of amides is 1. The second-order valence-electron chi connectivity index (χ2n) is 10.8. The number of benzene rings is 1. The van der Waals surface area contributed by atoms with Crippen molar-refractivity contribution >= 4 is 24.0 Å². The van der Waals surface area contributed by atoms with Gasteiger partial charge in [-0.2, -0.15) is 0 Å². The fourth-order valence-corrected chi connectivity index (χ4v) is 4.16. The smallest absolute Gasteiger partial charge is 0.461 e. The normalized spacial score (nSPS) is 22.2. The molecule has 0 aliphatic carbocycles. The SMILES string of the molecule is CC(C)(C)OC(=O)CN1C(=O)[C@@H]2[C@H]1[C@H](CC(=O)OCc1ccccc1)CN2OC(=O)OC(C)(C)C. The molecule has 0 radical (unpaired) electrons. The quantitative estimate of drug-likeness (QED) is 0.323. The van der Waals surface area contributed by atoms with Crippen LogP contribution in [0.3, 0.4) is 0 Å². The molecule has 0 aromatic heterocycles. The van der Waals surface area contributed by atoms with Crippen molar-refractivity contribution < 1.29 is 38.2 Å². The van der Waals surface area contributed by atoms with Crippen LogP contribution in [0.5, 0.6) is 0 Å². The van der Waals surface area contributed by atoms with Crippen LogP contribution in [0.15, 0.2) is 30.3 Å². The molecule has 1 aromatic carbocycles. The van der Waals surface area contributed by atoms with Gasteiger partial charge < -0.3 is 23.9 Å². The summed E-state index contributed by atoms with van der Waals surface area (Å²) in [5.41, 5.74) is -0.624. The predicted molar refractivity (Wildman–Crippen MR) is 124 cm³/mol. The molecule has 2 fully saturated rings. The minimum absolute atomic E-state index is 0.0136. The Kier molecular flexibility index (Phi) is 7.74. The molecule has 2 heterocycles. The number of carbonyl (C=O) groups excluding carboxylic acids is 4. The number of carbonyl (C=O) groups is 4. The highest BCUT2D eigenvalue weighted by molar-refractivity contribution is 5.93. The van der Waals surface area contributed by atoms with Crippen LogP contribution in [0, 0.1) is 5.92 Å². The van der Waals surface area contributed by atoms with Crippen LogP contribution in [0.4, 0.5) is 4.79 Å². The molecule has 0 N–H and O–H groups in total. The molecular weight excluding hydrogens is 456 g/mol. The summed E-state index contributed by atoms with van der Waals surface area (Å²) >= 11 is 0. The van der Waals surface area contributed by atoms with Crippen molar-refractivity contribution in [3.05, 3.63) is 35.9 Å². The molecule has 10 nitrogen and oxygen atoms in total. The molecule has 0 spiro atoms. The number of hydrogen-bond donors (Lipinski definition) is 0. The largest absolute Gasteiger partial charge is 0.528 e. The first-order chi connectivity index (χ1) is 16.2. The molecular formula is C25H34N2O8. The van der Waals surface area contributed by atoms with Crippen LogP contribution in [0.2, 0.25) is 0 Å². The lowest BCUT2D eigenvalue weighted by molar-refractivity contribution is -0.194. The van der Waals surface area contributed by atoms with E-state index >= 15 is 0 Å². The zero-order valence-electron chi connectivity index (χ0n) is 21.1. The maximum atomic E-state index is 12.9. The Balaban J connectivity index is 1.68. The highest BCUT2D eigenvalue weighted by Crippen LogP contribution is 2.40. The fourth-order valence-electron chi connectivity index (χ4n) is 4.16. The van der Waals surface area contributed by atoms with Gasteiger partial charge in [-0.15, -0.1) is 5.06 Å². The number of likely N-dealkylation sites (tertiary alicyclic amines) is 1. The van der Waals surface area contributed by atoms with Gasteiger partial charge in [-0.25, -0.2) is 4.79 Å². The van der Waals surface area contributed by atoms with E-state index in [1.165, 1.54) is 9.96 Å². The molecule has 0 bridgehead atoms. The average molecular weight is 491 g/mol. The number of hydroxylamine groups is 2. The molecule has 3 rings (SSSR count). The first-order valence-corrected chi connectivity index (χ1v) is 11.6. The lowest BCUT2D eigenvalue weighted by Gasteiger charge is -2.45. The molecule has 2 aliphatic heterocycles. The Morgan fingerprint density at radius 1 is 0.943 bits per heavy atom. The lowest BCUT2D eigenvalue weighted by atomic mass is 9.86. The van der Waals surface area contributed by atoms with Crippen molar-refractivity contribution in [1.29, 1.82) is 0 Å². The molecule has 2 aliphatic rings. The van der Waals surface area contributed by atoms with Gasteiger partial charge in [0.2, 0.25) is 5.91 Å². The van der Waals surface area contributed by atoms with Crippen molar-refractivity contribution in [1.82, 2.24) is 9.96 Å². The number of rotatable bonds is 7. The van der Waals surface area contributed by atoms with E-state index < -0.39 is 47.3 Å². The summed E-state index contributed by atoms with van der Waals surface area (Å²) in [6.07, 6.45) is -0.956. The molecule has 2 saturated heterocycles. The van der Waals surface area contributed by atoms with Gasteiger partial charge in [-0.05, 0) is 47.1 Å². The van der Waals surface area contributed by atoms with Gasteiger partial charge in [0.15, 0.2) is 0 Å². The summed E-state index contributed by atoms with van der Waals surface area (Å²) in [6, 6.07) is 7.95. The van der Waals surface area contributed by atoms with E-state index in [4.69, 9.17) is 19.0 Å². The average Bonchev–Trinajstić information content (AvgIpc) is 3.02. The summed E-state index contributed by atoms with van der Waals surface area (Å²) in [6.45, 7) is 10.3. The van der Waals surface area contributed by atoms with Crippen LogP contribution < -0.4 is 0 Å². The molecule has 10 heteroatoms. The van der Waals surface area contributed by atoms with Crippen molar-refractivity contribution in [3.63, 3.8) is 0 Å². The van der Waals surface area contributed by atoms with Crippen molar-refractivity contribution in [2.24, 2.45) is 5.92 Å². The van der Waals surface area contributed by atoms with Crippen molar-refractivity contribution in [3.8, 4) is 0 Å². The number of fused-ring (bicyclic) bond motifs is 1. The maximum absolute atomic E-state index is 12.9. The summed E-state index contributed by atoms with van der Waals surface area (Å²) in [7, 11) is 0. The summed E-state index contributed by atoms with van der Waals surface area (Å²) < 4.78 is 16.0. The maximum Gasteiger partial charge on any atom is 0.528 e. The summed E-state index contributed by atoms with van der Waals surface area (Å²) in [5.74, 6) is -1.80. The molecule has 192 valence electrons. The molecule has 3 atom stereocenters. The van der Waals surface area contributed by atoms with Gasteiger partial charge in [0.05, 0.1) is 12.5 Å². The monoisotopic (exact) mass is 490 g/mol. The van der Waals surface area contributed by atoms with Gasteiger partial charge >= 0.3 is 18.1 Å². The summed E-state index contributed by atoms with van der Waals surface area (Å²) in [4.78, 5) is 56.8.